The summed E-state index contributed by atoms with van der Waals surface area (Å²) in [5.41, 5.74) is 1.06. The quantitative estimate of drug-likeness (QED) is 0.587. The Morgan fingerprint density at radius 3 is 2.69 bits per heavy atom. The fourth-order valence-corrected chi connectivity index (χ4v) is 5.15. The summed E-state index contributed by atoms with van der Waals surface area (Å²) in [5.74, 6) is 0.644. The molecule has 7 heteroatoms. The number of hydrogen-bond acceptors (Lipinski definition) is 6. The molecule has 1 aliphatic carbocycles. The van der Waals surface area contributed by atoms with Crippen molar-refractivity contribution in [2.45, 2.75) is 32.3 Å². The molecule has 1 saturated carbocycles. The van der Waals surface area contributed by atoms with Crippen LogP contribution in [0.1, 0.15) is 31.6 Å². The Kier molecular flexibility index (Phi) is 3.10. The molecule has 4 aromatic rings. The number of thiophene rings is 1. The predicted octanol–water partition coefficient (Wildman–Crippen LogP) is 3.65. The molecule has 0 aliphatic heterocycles. The van der Waals surface area contributed by atoms with E-state index in [4.69, 9.17) is 4.98 Å². The van der Waals surface area contributed by atoms with Crippen LogP contribution < -0.4 is 0 Å². The van der Waals surface area contributed by atoms with Crippen LogP contribution in [0, 0.1) is 5.41 Å². The van der Waals surface area contributed by atoms with Crippen LogP contribution in [0.15, 0.2) is 30.7 Å². The fraction of sp³-hybridized carbons (Fsp3) is 0.368. The highest BCUT2D eigenvalue weighted by Crippen LogP contribution is 2.55. The van der Waals surface area contributed by atoms with E-state index in [1.165, 1.54) is 0 Å². The molecule has 4 aromatic heterocycles. The molecule has 4 heterocycles. The average Bonchev–Trinajstić information content (AvgIpc) is 3.13. The predicted molar refractivity (Wildman–Crippen MR) is 102 cm³/mol. The first-order valence-electron chi connectivity index (χ1n) is 8.61. The molecule has 0 aromatic carbocycles. The van der Waals surface area contributed by atoms with Crippen LogP contribution in [0.3, 0.4) is 0 Å². The molecule has 1 fully saturated rings. The number of aliphatic hydroxyl groups is 1. The normalized spacial score (nSPS) is 18.3. The van der Waals surface area contributed by atoms with Gasteiger partial charge in [-0.25, -0.2) is 15.0 Å². The van der Waals surface area contributed by atoms with E-state index in [1.807, 2.05) is 31.6 Å². The average molecular weight is 365 g/mol. The first kappa shape index (κ1) is 15.8. The summed E-state index contributed by atoms with van der Waals surface area (Å²) >= 11 is 1.56. The molecule has 0 radical (unpaired) electrons. The minimum absolute atomic E-state index is 0.201. The van der Waals surface area contributed by atoms with Crippen LogP contribution in [0.4, 0.5) is 0 Å². The molecule has 0 spiro atoms. The second-order valence-electron chi connectivity index (χ2n) is 8.05. The van der Waals surface area contributed by atoms with Crippen molar-refractivity contribution in [2.75, 3.05) is 0 Å². The minimum Gasteiger partial charge on any atom is -0.384 e. The van der Waals surface area contributed by atoms with Gasteiger partial charge in [-0.05, 0) is 30.4 Å². The van der Waals surface area contributed by atoms with E-state index < -0.39 is 5.60 Å². The van der Waals surface area contributed by atoms with Gasteiger partial charge in [0.15, 0.2) is 11.5 Å². The highest BCUT2D eigenvalue weighted by atomic mass is 32.1. The van der Waals surface area contributed by atoms with Gasteiger partial charge in [0.25, 0.3) is 0 Å². The number of hydrogen-bond donors (Lipinski definition) is 1. The molecule has 132 valence electrons. The van der Waals surface area contributed by atoms with Crippen LogP contribution in [0.5, 0.6) is 0 Å². The number of fused-ring (bicyclic) bond motifs is 2. The van der Waals surface area contributed by atoms with Gasteiger partial charge in [-0.15, -0.1) is 11.3 Å². The van der Waals surface area contributed by atoms with Crippen molar-refractivity contribution in [3.05, 3.63) is 35.6 Å². The van der Waals surface area contributed by atoms with Crippen LogP contribution in [-0.4, -0.2) is 29.8 Å². The number of nitrogens with zero attached hydrogens (tertiary/aromatic N) is 5. The Hall–Kier alpha value is -2.38. The molecule has 1 N–H and O–H groups in total. The lowest BCUT2D eigenvalue weighted by molar-refractivity contribution is -0.116. The standard InChI is InChI=1S/C19H19N5OS/c1-18(2)9-19(25,10-18)14-5-12-7-20-15(22-17(12)26-14)11-4-13-8-24(3)23-16(13)21-6-11/h4-8,25H,9-10H2,1-3H3. The zero-order chi connectivity index (χ0) is 18.1. The number of rotatable bonds is 2. The lowest BCUT2D eigenvalue weighted by atomic mass is 9.61. The molecule has 6 nitrogen and oxygen atoms in total. The first-order chi connectivity index (χ1) is 12.3. The molecular formula is C19H19N5OS. The smallest absolute Gasteiger partial charge is 0.181 e. The van der Waals surface area contributed by atoms with Gasteiger partial charge >= 0.3 is 0 Å². The minimum atomic E-state index is -0.717. The maximum Gasteiger partial charge on any atom is 0.181 e. The lowest BCUT2D eigenvalue weighted by Crippen LogP contribution is -2.45. The maximum atomic E-state index is 10.9. The van der Waals surface area contributed by atoms with Gasteiger partial charge in [0.05, 0.1) is 5.60 Å². The summed E-state index contributed by atoms with van der Waals surface area (Å²) in [5, 5.41) is 17.1. The molecule has 1 aliphatic rings. The number of aromatic nitrogens is 5. The van der Waals surface area contributed by atoms with E-state index in [-0.39, 0.29) is 5.41 Å². The summed E-state index contributed by atoms with van der Waals surface area (Å²) in [6, 6.07) is 4.04. The summed E-state index contributed by atoms with van der Waals surface area (Å²) in [4.78, 5) is 15.5. The van der Waals surface area contributed by atoms with Crippen molar-refractivity contribution >= 4 is 32.6 Å². The highest BCUT2D eigenvalue weighted by molar-refractivity contribution is 7.18. The van der Waals surface area contributed by atoms with Crippen molar-refractivity contribution in [3.8, 4) is 11.4 Å². The molecule has 5 rings (SSSR count). The van der Waals surface area contributed by atoms with E-state index >= 15 is 0 Å². The van der Waals surface area contributed by atoms with E-state index in [0.29, 0.717) is 11.5 Å². The third-order valence-corrected chi connectivity index (χ3v) is 6.24. The van der Waals surface area contributed by atoms with E-state index in [2.05, 4.69) is 28.9 Å². The van der Waals surface area contributed by atoms with E-state index in [0.717, 1.165) is 38.9 Å². The zero-order valence-electron chi connectivity index (χ0n) is 14.9. The molecule has 0 amide bonds. The third kappa shape index (κ3) is 2.42. The van der Waals surface area contributed by atoms with Crippen molar-refractivity contribution in [1.82, 2.24) is 24.7 Å². The third-order valence-electron chi connectivity index (χ3n) is 5.01. The molecule has 0 atom stereocenters. The van der Waals surface area contributed by atoms with Crippen molar-refractivity contribution in [1.29, 1.82) is 0 Å². The number of pyridine rings is 1. The summed E-state index contributed by atoms with van der Waals surface area (Å²) in [7, 11) is 1.88. The first-order valence-corrected chi connectivity index (χ1v) is 9.42. The zero-order valence-corrected chi connectivity index (χ0v) is 15.7. The highest BCUT2D eigenvalue weighted by Gasteiger charge is 2.49. The van der Waals surface area contributed by atoms with Crippen LogP contribution in [-0.2, 0) is 12.6 Å². The van der Waals surface area contributed by atoms with Gasteiger partial charge in [-0.3, -0.25) is 4.68 Å². The van der Waals surface area contributed by atoms with Gasteiger partial charge in [0.1, 0.15) is 4.83 Å². The van der Waals surface area contributed by atoms with Gasteiger partial charge in [0.2, 0.25) is 0 Å². The van der Waals surface area contributed by atoms with Gasteiger partial charge in [-0.2, -0.15) is 5.10 Å². The van der Waals surface area contributed by atoms with Gasteiger partial charge < -0.3 is 5.11 Å². The van der Waals surface area contributed by atoms with E-state index in [1.54, 1.807) is 22.2 Å². The van der Waals surface area contributed by atoms with E-state index in [9.17, 15) is 5.11 Å². The van der Waals surface area contributed by atoms with Crippen molar-refractivity contribution in [3.63, 3.8) is 0 Å². The van der Waals surface area contributed by atoms with Crippen LogP contribution in [0.2, 0.25) is 0 Å². The van der Waals surface area contributed by atoms with Crippen molar-refractivity contribution < 1.29 is 5.11 Å². The summed E-state index contributed by atoms with van der Waals surface area (Å²) in [6.45, 7) is 4.38. The largest absolute Gasteiger partial charge is 0.384 e. The Labute approximate surface area is 154 Å². The Balaban J connectivity index is 1.55. The second kappa shape index (κ2) is 5.08. The Morgan fingerprint density at radius 2 is 1.92 bits per heavy atom. The number of aryl methyl sites for hydroxylation is 1. The van der Waals surface area contributed by atoms with Gasteiger partial charge in [-0.1, -0.05) is 13.8 Å². The second-order valence-corrected chi connectivity index (χ2v) is 9.08. The summed E-state index contributed by atoms with van der Waals surface area (Å²) < 4.78 is 1.75. The van der Waals surface area contributed by atoms with Crippen molar-refractivity contribution in [2.24, 2.45) is 12.5 Å². The molecule has 26 heavy (non-hydrogen) atoms. The monoisotopic (exact) mass is 365 g/mol. The summed E-state index contributed by atoms with van der Waals surface area (Å²) in [6.07, 6.45) is 7.09. The topological polar surface area (TPSA) is 76.7 Å². The Bertz CT molecular complexity index is 1150. The van der Waals surface area contributed by atoms with Crippen LogP contribution in [0.25, 0.3) is 32.6 Å². The molecule has 0 unspecified atom stereocenters. The van der Waals surface area contributed by atoms with Gasteiger partial charge in [0, 0.05) is 46.9 Å². The lowest BCUT2D eigenvalue weighted by Gasteiger charge is -2.49. The molecular weight excluding hydrogens is 346 g/mol. The van der Waals surface area contributed by atoms with Crippen LogP contribution >= 0.6 is 11.3 Å². The Morgan fingerprint density at radius 1 is 1.12 bits per heavy atom. The maximum absolute atomic E-state index is 10.9. The molecule has 0 bridgehead atoms. The fourth-order valence-electron chi connectivity index (χ4n) is 4.06. The molecule has 0 saturated heterocycles. The SMILES string of the molecule is Cn1cc2cc(-c3ncc4cc(C5(O)CC(C)(C)C5)sc4n3)cnc2n1.